The van der Waals surface area contributed by atoms with E-state index in [1.807, 2.05) is 67.1 Å². The van der Waals surface area contributed by atoms with Gasteiger partial charge in [0.05, 0.1) is 28.7 Å². The summed E-state index contributed by atoms with van der Waals surface area (Å²) < 4.78 is 1.82. The molecule has 4 aromatic rings. The highest BCUT2D eigenvalue weighted by Crippen LogP contribution is 2.18. The molecule has 2 aromatic heterocycles. The van der Waals surface area contributed by atoms with Crippen molar-refractivity contribution in [1.29, 1.82) is 0 Å². The molecule has 0 aliphatic rings. The first-order chi connectivity index (χ1) is 13.6. The Morgan fingerprint density at radius 3 is 2.71 bits per heavy atom. The van der Waals surface area contributed by atoms with Crippen molar-refractivity contribution in [2.75, 3.05) is 6.54 Å². The molecule has 28 heavy (non-hydrogen) atoms. The second kappa shape index (κ2) is 7.64. The van der Waals surface area contributed by atoms with Crippen molar-refractivity contribution in [3.05, 3.63) is 89.4 Å². The van der Waals surface area contributed by atoms with Crippen LogP contribution in [-0.2, 0) is 6.42 Å². The van der Waals surface area contributed by atoms with Gasteiger partial charge in [0.25, 0.3) is 5.91 Å². The van der Waals surface area contributed by atoms with E-state index in [0.717, 1.165) is 39.8 Å². The predicted octanol–water partition coefficient (Wildman–Crippen LogP) is 4.01. The highest BCUT2D eigenvalue weighted by atomic mass is 16.1. The molecule has 2 heterocycles. The lowest BCUT2D eigenvalue weighted by Gasteiger charge is -2.09. The molecule has 0 atom stereocenters. The van der Waals surface area contributed by atoms with Crippen molar-refractivity contribution in [1.82, 2.24) is 20.1 Å². The standard InChI is InChI=1S/C23H22N4O/c1-16-7-3-4-11-21(16)27-17(2)20(15-26-27)23(28)25-14-12-19-9-5-8-18-10-6-13-24-22(18)19/h3-11,13,15H,12,14H2,1-2H3,(H,25,28). The van der Waals surface area contributed by atoms with Gasteiger partial charge in [-0.1, -0.05) is 42.5 Å². The first-order valence-corrected chi connectivity index (χ1v) is 9.36. The number of hydrogen-bond acceptors (Lipinski definition) is 3. The molecule has 0 spiro atoms. The van der Waals surface area contributed by atoms with Crippen LogP contribution in [0.15, 0.2) is 67.0 Å². The Morgan fingerprint density at radius 1 is 1.04 bits per heavy atom. The molecule has 0 saturated heterocycles. The maximum Gasteiger partial charge on any atom is 0.254 e. The molecule has 140 valence electrons. The zero-order valence-corrected chi connectivity index (χ0v) is 16.0. The van der Waals surface area contributed by atoms with Crippen LogP contribution in [0, 0.1) is 13.8 Å². The van der Waals surface area contributed by atoms with E-state index in [1.54, 1.807) is 12.4 Å². The fourth-order valence-electron chi connectivity index (χ4n) is 3.45. The molecule has 5 nitrogen and oxygen atoms in total. The van der Waals surface area contributed by atoms with E-state index in [4.69, 9.17) is 0 Å². The number of carbonyl (C=O) groups excluding carboxylic acids is 1. The third kappa shape index (κ3) is 3.39. The summed E-state index contributed by atoms with van der Waals surface area (Å²) >= 11 is 0. The number of para-hydroxylation sites is 2. The number of amides is 1. The fraction of sp³-hybridized carbons (Fsp3) is 0.174. The van der Waals surface area contributed by atoms with E-state index >= 15 is 0 Å². The highest BCUT2D eigenvalue weighted by molar-refractivity contribution is 5.95. The third-order valence-electron chi connectivity index (χ3n) is 4.99. The summed E-state index contributed by atoms with van der Waals surface area (Å²) in [6, 6.07) is 18.1. The van der Waals surface area contributed by atoms with Crippen molar-refractivity contribution in [3.8, 4) is 5.69 Å². The van der Waals surface area contributed by atoms with Crippen molar-refractivity contribution in [2.24, 2.45) is 0 Å². The minimum atomic E-state index is -0.106. The lowest BCUT2D eigenvalue weighted by molar-refractivity contribution is 0.0953. The summed E-state index contributed by atoms with van der Waals surface area (Å²) in [6.07, 6.45) is 4.16. The van der Waals surface area contributed by atoms with Gasteiger partial charge in [0, 0.05) is 18.1 Å². The molecule has 5 heteroatoms. The third-order valence-corrected chi connectivity index (χ3v) is 4.99. The number of aryl methyl sites for hydroxylation is 1. The average Bonchev–Trinajstić information content (AvgIpc) is 3.10. The number of nitrogens with zero attached hydrogens (tertiary/aromatic N) is 3. The molecule has 2 aromatic carbocycles. The van der Waals surface area contributed by atoms with Crippen LogP contribution in [0.1, 0.15) is 27.2 Å². The van der Waals surface area contributed by atoms with Gasteiger partial charge in [-0.2, -0.15) is 5.10 Å². The molecule has 0 aliphatic carbocycles. The Kier molecular flexibility index (Phi) is 4.89. The zero-order chi connectivity index (χ0) is 19.5. The van der Waals surface area contributed by atoms with Crippen LogP contribution in [0.5, 0.6) is 0 Å². The minimum absolute atomic E-state index is 0.106. The van der Waals surface area contributed by atoms with Gasteiger partial charge in [-0.3, -0.25) is 9.78 Å². The number of fused-ring (bicyclic) bond motifs is 1. The summed E-state index contributed by atoms with van der Waals surface area (Å²) in [7, 11) is 0. The molecule has 4 rings (SSSR count). The SMILES string of the molecule is Cc1ccccc1-n1ncc(C(=O)NCCc2cccc3cccnc23)c1C. The molecule has 0 bridgehead atoms. The summed E-state index contributed by atoms with van der Waals surface area (Å²) in [5.41, 5.74) is 5.65. The molecular formula is C23H22N4O. The van der Waals surface area contributed by atoms with Crippen molar-refractivity contribution in [3.63, 3.8) is 0 Å². The van der Waals surface area contributed by atoms with Crippen LogP contribution < -0.4 is 5.32 Å². The van der Waals surface area contributed by atoms with Gasteiger partial charge in [0.1, 0.15) is 0 Å². The quantitative estimate of drug-likeness (QED) is 0.577. The van der Waals surface area contributed by atoms with Gasteiger partial charge in [0.2, 0.25) is 0 Å². The Morgan fingerprint density at radius 2 is 1.86 bits per heavy atom. The molecule has 0 fully saturated rings. The number of rotatable bonds is 5. The number of carbonyl (C=O) groups is 1. The van der Waals surface area contributed by atoms with Crippen LogP contribution >= 0.6 is 0 Å². The highest BCUT2D eigenvalue weighted by Gasteiger charge is 2.15. The monoisotopic (exact) mass is 370 g/mol. The summed E-state index contributed by atoms with van der Waals surface area (Å²) in [4.78, 5) is 17.1. The van der Waals surface area contributed by atoms with Crippen molar-refractivity contribution >= 4 is 16.8 Å². The van der Waals surface area contributed by atoms with E-state index in [0.29, 0.717) is 12.1 Å². The van der Waals surface area contributed by atoms with Crippen molar-refractivity contribution < 1.29 is 4.79 Å². The maximum atomic E-state index is 12.7. The average molecular weight is 370 g/mol. The fourth-order valence-corrected chi connectivity index (χ4v) is 3.45. The van der Waals surface area contributed by atoms with Crippen LogP contribution in [0.2, 0.25) is 0 Å². The van der Waals surface area contributed by atoms with Gasteiger partial charge in [-0.25, -0.2) is 4.68 Å². The second-order valence-electron chi connectivity index (χ2n) is 6.84. The largest absolute Gasteiger partial charge is 0.352 e. The topological polar surface area (TPSA) is 59.8 Å². The van der Waals surface area contributed by atoms with Gasteiger partial charge in [-0.05, 0) is 43.5 Å². The lowest BCUT2D eigenvalue weighted by Crippen LogP contribution is -2.26. The number of aromatic nitrogens is 3. The number of pyridine rings is 1. The maximum absolute atomic E-state index is 12.7. The van der Waals surface area contributed by atoms with Gasteiger partial charge in [0.15, 0.2) is 0 Å². The number of benzene rings is 2. The Balaban J connectivity index is 1.47. The Hall–Kier alpha value is -3.47. The molecule has 1 N–H and O–H groups in total. The predicted molar refractivity (Wildman–Crippen MR) is 111 cm³/mol. The van der Waals surface area contributed by atoms with Crippen LogP contribution in [0.25, 0.3) is 16.6 Å². The lowest BCUT2D eigenvalue weighted by atomic mass is 10.1. The van der Waals surface area contributed by atoms with E-state index < -0.39 is 0 Å². The van der Waals surface area contributed by atoms with E-state index in [2.05, 4.69) is 21.5 Å². The smallest absolute Gasteiger partial charge is 0.254 e. The molecular weight excluding hydrogens is 348 g/mol. The van der Waals surface area contributed by atoms with Gasteiger partial charge < -0.3 is 5.32 Å². The first kappa shape index (κ1) is 17.9. The molecule has 0 aliphatic heterocycles. The number of hydrogen-bond donors (Lipinski definition) is 1. The van der Waals surface area contributed by atoms with Gasteiger partial charge >= 0.3 is 0 Å². The molecule has 0 radical (unpaired) electrons. The first-order valence-electron chi connectivity index (χ1n) is 9.36. The van der Waals surface area contributed by atoms with E-state index in [1.165, 1.54) is 0 Å². The minimum Gasteiger partial charge on any atom is -0.352 e. The second-order valence-corrected chi connectivity index (χ2v) is 6.84. The summed E-state index contributed by atoms with van der Waals surface area (Å²) in [5, 5.41) is 8.55. The molecule has 1 amide bonds. The normalized spacial score (nSPS) is 10.9. The van der Waals surface area contributed by atoms with Gasteiger partial charge in [-0.15, -0.1) is 0 Å². The van der Waals surface area contributed by atoms with Crippen LogP contribution in [-0.4, -0.2) is 27.2 Å². The van der Waals surface area contributed by atoms with Crippen LogP contribution in [0.4, 0.5) is 0 Å². The zero-order valence-electron chi connectivity index (χ0n) is 16.0. The van der Waals surface area contributed by atoms with E-state index in [9.17, 15) is 4.79 Å². The Bertz CT molecular complexity index is 1140. The molecule has 0 unspecified atom stereocenters. The molecule has 0 saturated carbocycles. The van der Waals surface area contributed by atoms with Crippen LogP contribution in [0.3, 0.4) is 0 Å². The summed E-state index contributed by atoms with van der Waals surface area (Å²) in [5.74, 6) is -0.106. The Labute approximate surface area is 164 Å². The van der Waals surface area contributed by atoms with E-state index in [-0.39, 0.29) is 5.91 Å². The van der Waals surface area contributed by atoms with Crippen molar-refractivity contribution in [2.45, 2.75) is 20.3 Å². The number of nitrogens with one attached hydrogen (secondary N) is 1. The summed E-state index contributed by atoms with van der Waals surface area (Å²) in [6.45, 7) is 4.50.